The number of thioether (sulfide) groups is 1. The molecule has 0 amide bonds. The highest BCUT2D eigenvalue weighted by Gasteiger charge is 2.15. The molecule has 0 bridgehead atoms. The van der Waals surface area contributed by atoms with E-state index in [1.54, 1.807) is 0 Å². The molecule has 0 unspecified atom stereocenters. The van der Waals surface area contributed by atoms with Crippen molar-refractivity contribution >= 4 is 17.7 Å². The van der Waals surface area contributed by atoms with Crippen LogP contribution in [0.1, 0.15) is 24.8 Å². The zero-order valence-corrected chi connectivity index (χ0v) is 16.1. The monoisotopic (exact) mass is 349 g/mol. The molecular weight excluding hydrogens is 318 g/mol. The van der Waals surface area contributed by atoms with E-state index in [9.17, 15) is 0 Å². The third-order valence-electron chi connectivity index (χ3n) is 4.46. The molecule has 0 saturated carbocycles. The van der Waals surface area contributed by atoms with E-state index in [1.165, 1.54) is 29.7 Å². The van der Waals surface area contributed by atoms with Gasteiger partial charge in [-0.05, 0) is 44.2 Å². The van der Waals surface area contributed by atoms with E-state index in [0.717, 1.165) is 43.9 Å². The number of guanidine groups is 1. The van der Waals surface area contributed by atoms with Gasteiger partial charge in [0.1, 0.15) is 0 Å². The lowest BCUT2D eigenvalue weighted by molar-refractivity contribution is 0.0625. The number of benzene rings is 1. The summed E-state index contributed by atoms with van der Waals surface area (Å²) >= 11 is 1.88. The second-order valence-electron chi connectivity index (χ2n) is 6.40. The van der Waals surface area contributed by atoms with E-state index >= 15 is 0 Å². The summed E-state index contributed by atoms with van der Waals surface area (Å²) in [7, 11) is 3.99. The Morgan fingerprint density at radius 3 is 2.67 bits per heavy atom. The molecule has 1 aliphatic heterocycles. The Morgan fingerprint density at radius 1 is 1.29 bits per heavy atom. The van der Waals surface area contributed by atoms with Crippen molar-refractivity contribution in [2.75, 3.05) is 46.2 Å². The number of nitrogens with zero attached hydrogens (tertiary/aromatic N) is 2. The number of aryl methyl sites for hydroxylation is 1. The molecule has 0 radical (unpaired) electrons. The second-order valence-corrected chi connectivity index (χ2v) is 7.57. The van der Waals surface area contributed by atoms with Crippen molar-refractivity contribution < 1.29 is 4.74 Å². The van der Waals surface area contributed by atoms with E-state index in [4.69, 9.17) is 4.74 Å². The summed E-state index contributed by atoms with van der Waals surface area (Å²) in [6, 6.07) is 8.71. The summed E-state index contributed by atoms with van der Waals surface area (Å²) in [6.07, 6.45) is 3.62. The normalized spacial score (nSPS) is 16.2. The molecule has 0 aliphatic carbocycles. The van der Waals surface area contributed by atoms with Crippen molar-refractivity contribution in [2.45, 2.75) is 31.1 Å². The van der Waals surface area contributed by atoms with Crippen LogP contribution in [-0.2, 0) is 4.74 Å². The fourth-order valence-electron chi connectivity index (χ4n) is 2.87. The van der Waals surface area contributed by atoms with Crippen LogP contribution in [0.2, 0.25) is 0 Å². The smallest absolute Gasteiger partial charge is 0.193 e. The van der Waals surface area contributed by atoms with Crippen LogP contribution in [-0.4, -0.2) is 57.0 Å². The maximum absolute atomic E-state index is 5.43. The number of hydrogen-bond donors (Lipinski definition) is 1. The van der Waals surface area contributed by atoms with Gasteiger partial charge >= 0.3 is 0 Å². The lowest BCUT2D eigenvalue weighted by Crippen LogP contribution is -2.40. The zero-order chi connectivity index (χ0) is 17.2. The predicted molar refractivity (Wildman–Crippen MR) is 104 cm³/mol. The van der Waals surface area contributed by atoms with Gasteiger partial charge in [0, 0.05) is 51.0 Å². The molecule has 0 spiro atoms. The van der Waals surface area contributed by atoms with Crippen LogP contribution >= 0.6 is 11.8 Å². The SMILES string of the molecule is CN=C(NCCSc1ccc(C)cc1)N(C)CCC1CCOCC1. The van der Waals surface area contributed by atoms with Gasteiger partial charge < -0.3 is 15.0 Å². The number of aliphatic imine (C=N–C) groups is 1. The minimum absolute atomic E-state index is 0.802. The Kier molecular flexibility index (Phi) is 8.47. The summed E-state index contributed by atoms with van der Waals surface area (Å²) in [5.41, 5.74) is 1.31. The molecule has 0 atom stereocenters. The third-order valence-corrected chi connectivity index (χ3v) is 5.48. The van der Waals surface area contributed by atoms with Gasteiger partial charge in [-0.1, -0.05) is 17.7 Å². The van der Waals surface area contributed by atoms with Crippen LogP contribution in [0.3, 0.4) is 0 Å². The van der Waals surface area contributed by atoms with Crippen molar-refractivity contribution in [3.63, 3.8) is 0 Å². The first-order valence-corrected chi connectivity index (χ1v) is 9.86. The fraction of sp³-hybridized carbons (Fsp3) is 0.632. The molecule has 1 heterocycles. The van der Waals surface area contributed by atoms with Gasteiger partial charge in [0.2, 0.25) is 0 Å². The van der Waals surface area contributed by atoms with Crippen molar-refractivity contribution in [3.05, 3.63) is 29.8 Å². The number of nitrogens with one attached hydrogen (secondary N) is 1. The van der Waals surface area contributed by atoms with E-state index < -0.39 is 0 Å². The average Bonchev–Trinajstić information content (AvgIpc) is 2.62. The zero-order valence-electron chi connectivity index (χ0n) is 15.3. The minimum Gasteiger partial charge on any atom is -0.381 e. The van der Waals surface area contributed by atoms with Crippen molar-refractivity contribution in [3.8, 4) is 0 Å². The van der Waals surface area contributed by atoms with Crippen LogP contribution in [0.5, 0.6) is 0 Å². The molecule has 5 heteroatoms. The van der Waals surface area contributed by atoms with E-state index in [2.05, 4.69) is 53.4 Å². The molecule has 1 aromatic carbocycles. The molecule has 1 aliphatic rings. The summed E-state index contributed by atoms with van der Waals surface area (Å²) < 4.78 is 5.43. The maximum atomic E-state index is 5.43. The Bertz CT molecular complexity index is 498. The average molecular weight is 350 g/mol. The molecule has 1 aromatic rings. The molecule has 1 saturated heterocycles. The lowest BCUT2D eigenvalue weighted by Gasteiger charge is -2.26. The Labute approximate surface area is 151 Å². The minimum atomic E-state index is 0.802. The van der Waals surface area contributed by atoms with Gasteiger partial charge in [-0.15, -0.1) is 11.8 Å². The molecular formula is C19H31N3OS. The largest absolute Gasteiger partial charge is 0.381 e. The first-order chi connectivity index (χ1) is 11.7. The highest BCUT2D eigenvalue weighted by molar-refractivity contribution is 7.99. The van der Waals surface area contributed by atoms with Crippen molar-refractivity contribution in [2.24, 2.45) is 10.9 Å². The van der Waals surface area contributed by atoms with Gasteiger partial charge in [0.05, 0.1) is 0 Å². The Hall–Kier alpha value is -1.20. The van der Waals surface area contributed by atoms with E-state index in [0.29, 0.717) is 0 Å². The molecule has 24 heavy (non-hydrogen) atoms. The Balaban J connectivity index is 1.64. The van der Waals surface area contributed by atoms with E-state index in [-0.39, 0.29) is 0 Å². The van der Waals surface area contributed by atoms with Gasteiger partial charge in [0.25, 0.3) is 0 Å². The summed E-state index contributed by atoms with van der Waals surface area (Å²) in [4.78, 5) is 7.97. The molecule has 1 N–H and O–H groups in total. The summed E-state index contributed by atoms with van der Waals surface area (Å²) in [5.74, 6) is 2.83. The first-order valence-electron chi connectivity index (χ1n) is 8.88. The van der Waals surface area contributed by atoms with E-state index in [1.807, 2.05) is 18.8 Å². The first kappa shape index (κ1) is 19.1. The van der Waals surface area contributed by atoms with Gasteiger partial charge in [0.15, 0.2) is 5.96 Å². The lowest BCUT2D eigenvalue weighted by atomic mass is 9.96. The van der Waals surface area contributed by atoms with Gasteiger partial charge in [-0.3, -0.25) is 4.99 Å². The topological polar surface area (TPSA) is 36.9 Å². The molecule has 134 valence electrons. The quantitative estimate of drug-likeness (QED) is 0.354. The van der Waals surface area contributed by atoms with Crippen LogP contribution in [0.4, 0.5) is 0 Å². The maximum Gasteiger partial charge on any atom is 0.193 e. The second kappa shape index (κ2) is 10.6. The highest BCUT2D eigenvalue weighted by Crippen LogP contribution is 2.19. The third kappa shape index (κ3) is 6.73. The van der Waals surface area contributed by atoms with Crippen molar-refractivity contribution in [1.29, 1.82) is 0 Å². The Morgan fingerprint density at radius 2 is 2.00 bits per heavy atom. The highest BCUT2D eigenvalue weighted by atomic mass is 32.2. The number of ether oxygens (including phenoxy) is 1. The number of hydrogen-bond acceptors (Lipinski definition) is 3. The van der Waals surface area contributed by atoms with Crippen LogP contribution < -0.4 is 5.32 Å². The van der Waals surface area contributed by atoms with Gasteiger partial charge in [-0.2, -0.15) is 0 Å². The molecule has 2 rings (SSSR count). The summed E-state index contributed by atoms with van der Waals surface area (Å²) in [5, 5.41) is 3.47. The van der Waals surface area contributed by atoms with Crippen LogP contribution in [0, 0.1) is 12.8 Å². The van der Waals surface area contributed by atoms with Gasteiger partial charge in [-0.25, -0.2) is 0 Å². The standard InChI is InChI=1S/C19H31N3OS/c1-16-4-6-18(7-5-16)24-15-11-21-19(20-2)22(3)12-8-17-9-13-23-14-10-17/h4-7,17H,8-15H2,1-3H3,(H,20,21). The van der Waals surface area contributed by atoms with Crippen LogP contribution in [0.15, 0.2) is 34.2 Å². The predicted octanol–water partition coefficient (Wildman–Crippen LogP) is 3.41. The molecule has 4 nitrogen and oxygen atoms in total. The fourth-order valence-corrected chi connectivity index (χ4v) is 3.64. The van der Waals surface area contributed by atoms with Crippen molar-refractivity contribution in [1.82, 2.24) is 10.2 Å². The number of rotatable bonds is 7. The molecule has 0 aromatic heterocycles. The van der Waals surface area contributed by atoms with Crippen LogP contribution in [0.25, 0.3) is 0 Å². The summed E-state index contributed by atoms with van der Waals surface area (Å²) in [6.45, 7) is 5.95. The molecule has 1 fully saturated rings.